The van der Waals surface area contributed by atoms with E-state index < -0.39 is 0 Å². The fraction of sp³-hybridized carbons (Fsp3) is 0.625. The summed E-state index contributed by atoms with van der Waals surface area (Å²) in [5.41, 5.74) is 8.73. The molecule has 19 heavy (non-hydrogen) atoms. The van der Waals surface area contributed by atoms with E-state index in [-0.39, 0.29) is 0 Å². The fourth-order valence-electron chi connectivity index (χ4n) is 3.14. The van der Waals surface area contributed by atoms with Gasteiger partial charge in [-0.1, -0.05) is 29.8 Å². The predicted octanol–water partition coefficient (Wildman–Crippen LogP) is 2.02. The molecule has 0 bridgehead atoms. The van der Waals surface area contributed by atoms with Crippen LogP contribution in [0.1, 0.15) is 30.0 Å². The smallest absolute Gasteiger partial charge is 0.0473 e. The highest BCUT2D eigenvalue weighted by Crippen LogP contribution is 2.29. The van der Waals surface area contributed by atoms with Crippen molar-refractivity contribution in [1.29, 1.82) is 0 Å². The maximum atomic E-state index is 6.06. The molecule has 1 saturated heterocycles. The lowest BCUT2D eigenvalue weighted by Crippen LogP contribution is -2.42. The lowest BCUT2D eigenvalue weighted by atomic mass is 10.0. The van der Waals surface area contributed by atoms with E-state index in [1.54, 1.807) is 0 Å². The van der Waals surface area contributed by atoms with E-state index in [2.05, 4.69) is 55.1 Å². The first-order valence-electron chi connectivity index (χ1n) is 7.29. The molecule has 3 nitrogen and oxygen atoms in total. The third-order valence-corrected chi connectivity index (χ3v) is 4.08. The Bertz CT molecular complexity index is 385. The van der Waals surface area contributed by atoms with Gasteiger partial charge in [0.2, 0.25) is 0 Å². The van der Waals surface area contributed by atoms with Crippen molar-refractivity contribution in [3.8, 4) is 0 Å². The molecule has 1 aromatic carbocycles. The highest BCUT2D eigenvalue weighted by Gasteiger charge is 2.30. The van der Waals surface area contributed by atoms with Gasteiger partial charge >= 0.3 is 0 Å². The monoisotopic (exact) mass is 261 g/mol. The molecule has 1 aliphatic heterocycles. The Morgan fingerprint density at radius 3 is 2.58 bits per heavy atom. The highest BCUT2D eigenvalue weighted by molar-refractivity contribution is 5.25. The molecule has 0 spiro atoms. The maximum absolute atomic E-state index is 6.06. The van der Waals surface area contributed by atoms with E-state index in [1.165, 1.54) is 30.5 Å². The summed E-state index contributed by atoms with van der Waals surface area (Å²) >= 11 is 0. The minimum Gasteiger partial charge on any atom is -0.329 e. The lowest BCUT2D eigenvalue weighted by molar-refractivity contribution is 0.156. The number of hydrogen-bond donors (Lipinski definition) is 1. The fourth-order valence-corrected chi connectivity index (χ4v) is 3.14. The van der Waals surface area contributed by atoms with E-state index in [0.29, 0.717) is 18.6 Å². The summed E-state index contributed by atoms with van der Waals surface area (Å²) in [6, 6.07) is 9.86. The molecular weight excluding hydrogens is 234 g/mol. The predicted molar refractivity (Wildman–Crippen MR) is 81.3 cm³/mol. The highest BCUT2D eigenvalue weighted by atomic mass is 15.2. The number of likely N-dealkylation sites (N-methyl/N-ethyl adjacent to an activating group) is 1. The van der Waals surface area contributed by atoms with Crippen LogP contribution < -0.4 is 5.73 Å². The first kappa shape index (κ1) is 14.5. The van der Waals surface area contributed by atoms with Crippen molar-refractivity contribution in [2.75, 3.05) is 33.7 Å². The zero-order valence-electron chi connectivity index (χ0n) is 12.5. The molecule has 0 aromatic heterocycles. The number of nitrogens with two attached hydrogens (primary N) is 1. The van der Waals surface area contributed by atoms with Crippen molar-refractivity contribution < 1.29 is 0 Å². The van der Waals surface area contributed by atoms with E-state index in [1.807, 2.05) is 0 Å². The van der Waals surface area contributed by atoms with Gasteiger partial charge < -0.3 is 10.6 Å². The number of rotatable bonds is 5. The summed E-state index contributed by atoms with van der Waals surface area (Å²) in [4.78, 5) is 4.89. The molecule has 2 rings (SSSR count). The molecule has 1 heterocycles. The molecular formula is C16H27N3. The van der Waals surface area contributed by atoms with E-state index in [4.69, 9.17) is 5.73 Å². The Kier molecular flexibility index (Phi) is 4.97. The Balaban J connectivity index is 2.14. The summed E-state index contributed by atoms with van der Waals surface area (Å²) in [5, 5.41) is 0. The Labute approximate surface area is 117 Å². The van der Waals surface area contributed by atoms with Crippen LogP contribution in [-0.4, -0.2) is 49.6 Å². The Hall–Kier alpha value is -0.900. The summed E-state index contributed by atoms with van der Waals surface area (Å²) in [6.45, 7) is 5.13. The van der Waals surface area contributed by atoms with Crippen LogP contribution in [0, 0.1) is 6.92 Å². The number of likely N-dealkylation sites (tertiary alicyclic amines) is 1. The van der Waals surface area contributed by atoms with Crippen LogP contribution in [-0.2, 0) is 0 Å². The molecule has 2 atom stereocenters. The molecule has 2 unspecified atom stereocenters. The van der Waals surface area contributed by atoms with Gasteiger partial charge in [0.05, 0.1) is 0 Å². The molecule has 0 radical (unpaired) electrons. The second-order valence-corrected chi connectivity index (χ2v) is 5.96. The minimum absolute atomic E-state index is 0.369. The summed E-state index contributed by atoms with van der Waals surface area (Å²) in [7, 11) is 4.31. The van der Waals surface area contributed by atoms with Crippen LogP contribution in [0.4, 0.5) is 0 Å². The molecule has 1 fully saturated rings. The van der Waals surface area contributed by atoms with Crippen LogP contribution in [0.2, 0.25) is 0 Å². The molecule has 0 amide bonds. The van der Waals surface area contributed by atoms with Gasteiger partial charge in [0.1, 0.15) is 0 Å². The standard InChI is InChI=1S/C16H27N3/c1-13-6-8-14(9-7-13)16(11-17)19-10-4-5-15(19)12-18(2)3/h6-9,15-16H,4-5,10-12,17H2,1-3H3. The zero-order valence-corrected chi connectivity index (χ0v) is 12.5. The van der Waals surface area contributed by atoms with Gasteiger partial charge in [-0.05, 0) is 46.0 Å². The molecule has 1 aliphatic rings. The van der Waals surface area contributed by atoms with Gasteiger partial charge in [0, 0.05) is 25.2 Å². The van der Waals surface area contributed by atoms with E-state index >= 15 is 0 Å². The topological polar surface area (TPSA) is 32.5 Å². The minimum atomic E-state index is 0.369. The van der Waals surface area contributed by atoms with Crippen LogP contribution in [0.3, 0.4) is 0 Å². The Morgan fingerprint density at radius 1 is 1.32 bits per heavy atom. The SMILES string of the molecule is Cc1ccc(C(CN)N2CCCC2CN(C)C)cc1. The van der Waals surface area contributed by atoms with Gasteiger partial charge in [0.25, 0.3) is 0 Å². The van der Waals surface area contributed by atoms with Gasteiger partial charge in [-0.15, -0.1) is 0 Å². The number of nitrogens with zero attached hydrogens (tertiary/aromatic N) is 2. The van der Waals surface area contributed by atoms with Gasteiger partial charge in [-0.3, -0.25) is 4.90 Å². The first-order chi connectivity index (χ1) is 9.11. The third-order valence-electron chi connectivity index (χ3n) is 4.08. The van der Waals surface area contributed by atoms with Crippen molar-refractivity contribution in [2.24, 2.45) is 5.73 Å². The van der Waals surface area contributed by atoms with Crippen molar-refractivity contribution in [3.63, 3.8) is 0 Å². The van der Waals surface area contributed by atoms with Crippen LogP contribution in [0.25, 0.3) is 0 Å². The van der Waals surface area contributed by atoms with Gasteiger partial charge in [-0.2, -0.15) is 0 Å². The molecule has 3 heteroatoms. The van der Waals surface area contributed by atoms with E-state index in [9.17, 15) is 0 Å². The van der Waals surface area contributed by atoms with Gasteiger partial charge in [-0.25, -0.2) is 0 Å². The van der Waals surface area contributed by atoms with Crippen molar-refractivity contribution in [2.45, 2.75) is 31.8 Å². The second kappa shape index (κ2) is 6.51. The number of benzene rings is 1. The summed E-state index contributed by atoms with van der Waals surface area (Å²) in [5.74, 6) is 0. The van der Waals surface area contributed by atoms with Crippen molar-refractivity contribution in [3.05, 3.63) is 35.4 Å². The van der Waals surface area contributed by atoms with Crippen LogP contribution >= 0.6 is 0 Å². The second-order valence-electron chi connectivity index (χ2n) is 5.96. The number of hydrogen-bond acceptors (Lipinski definition) is 3. The Morgan fingerprint density at radius 2 is 2.00 bits per heavy atom. The molecule has 0 saturated carbocycles. The largest absolute Gasteiger partial charge is 0.329 e. The lowest BCUT2D eigenvalue weighted by Gasteiger charge is -2.34. The average molecular weight is 261 g/mol. The average Bonchev–Trinajstić information content (AvgIpc) is 2.80. The van der Waals surface area contributed by atoms with Gasteiger partial charge in [0.15, 0.2) is 0 Å². The molecule has 106 valence electrons. The molecule has 2 N–H and O–H groups in total. The molecule has 0 aliphatic carbocycles. The van der Waals surface area contributed by atoms with Crippen LogP contribution in [0.5, 0.6) is 0 Å². The molecule has 1 aromatic rings. The first-order valence-corrected chi connectivity index (χ1v) is 7.29. The van der Waals surface area contributed by atoms with E-state index in [0.717, 1.165) is 6.54 Å². The maximum Gasteiger partial charge on any atom is 0.0473 e. The van der Waals surface area contributed by atoms with Crippen molar-refractivity contribution >= 4 is 0 Å². The zero-order chi connectivity index (χ0) is 13.8. The third kappa shape index (κ3) is 3.56. The number of aryl methyl sites for hydroxylation is 1. The quantitative estimate of drug-likeness (QED) is 0.880. The summed E-state index contributed by atoms with van der Waals surface area (Å²) in [6.07, 6.45) is 2.58. The van der Waals surface area contributed by atoms with Crippen molar-refractivity contribution in [1.82, 2.24) is 9.80 Å². The normalized spacial score (nSPS) is 22.1. The summed E-state index contributed by atoms with van der Waals surface area (Å²) < 4.78 is 0. The van der Waals surface area contributed by atoms with Crippen LogP contribution in [0.15, 0.2) is 24.3 Å².